The minimum atomic E-state index is 0.585. The molecule has 2 aromatic heterocycles. The van der Waals surface area contributed by atoms with Crippen molar-refractivity contribution in [1.29, 1.82) is 0 Å². The first kappa shape index (κ1) is 20.0. The fourth-order valence-electron chi connectivity index (χ4n) is 5.19. The van der Waals surface area contributed by atoms with Crippen LogP contribution in [0.15, 0.2) is 30.7 Å². The SMILES string of the molecule is COc1cc(/C=C/c2nc3n(n2)CCC[C@@H]3C2CCCCC2)ccc1-n1cnc(C)c1. The van der Waals surface area contributed by atoms with Gasteiger partial charge >= 0.3 is 0 Å². The van der Waals surface area contributed by atoms with Crippen LogP contribution in [-0.2, 0) is 6.54 Å². The van der Waals surface area contributed by atoms with E-state index in [1.54, 1.807) is 7.11 Å². The van der Waals surface area contributed by atoms with Crippen molar-refractivity contribution >= 4 is 12.2 Å². The molecule has 31 heavy (non-hydrogen) atoms. The van der Waals surface area contributed by atoms with Crippen molar-refractivity contribution in [3.8, 4) is 11.4 Å². The van der Waals surface area contributed by atoms with Gasteiger partial charge < -0.3 is 9.30 Å². The highest BCUT2D eigenvalue weighted by molar-refractivity contribution is 5.69. The van der Waals surface area contributed by atoms with E-state index < -0.39 is 0 Å². The van der Waals surface area contributed by atoms with Crippen LogP contribution in [0.2, 0.25) is 0 Å². The monoisotopic (exact) mass is 417 g/mol. The highest BCUT2D eigenvalue weighted by atomic mass is 16.5. The molecule has 1 saturated carbocycles. The second kappa shape index (κ2) is 8.69. The molecular formula is C25H31N5O. The zero-order valence-electron chi connectivity index (χ0n) is 18.5. The maximum absolute atomic E-state index is 5.63. The van der Waals surface area contributed by atoms with Gasteiger partial charge in [0, 0.05) is 18.7 Å². The molecule has 0 bridgehead atoms. The van der Waals surface area contributed by atoms with Gasteiger partial charge in [-0.25, -0.2) is 14.6 Å². The lowest BCUT2D eigenvalue weighted by Gasteiger charge is -2.32. The van der Waals surface area contributed by atoms with Crippen LogP contribution in [0, 0.1) is 12.8 Å². The quantitative estimate of drug-likeness (QED) is 0.557. The molecule has 1 aromatic carbocycles. The number of aryl methyl sites for hydroxylation is 2. The number of rotatable bonds is 5. The molecule has 6 nitrogen and oxygen atoms in total. The van der Waals surface area contributed by atoms with Crippen molar-refractivity contribution in [1.82, 2.24) is 24.3 Å². The molecular weight excluding hydrogens is 386 g/mol. The van der Waals surface area contributed by atoms with Crippen LogP contribution in [0.3, 0.4) is 0 Å². The summed E-state index contributed by atoms with van der Waals surface area (Å²) in [7, 11) is 1.70. The Labute approximate surface area is 184 Å². The Hall–Kier alpha value is -2.89. The zero-order valence-corrected chi connectivity index (χ0v) is 18.5. The Morgan fingerprint density at radius 3 is 2.71 bits per heavy atom. The first-order chi connectivity index (χ1) is 15.2. The van der Waals surface area contributed by atoms with Gasteiger partial charge in [-0.15, -0.1) is 0 Å². The van der Waals surface area contributed by atoms with E-state index in [2.05, 4.69) is 27.9 Å². The van der Waals surface area contributed by atoms with E-state index in [-0.39, 0.29) is 0 Å². The van der Waals surface area contributed by atoms with Crippen LogP contribution in [0.25, 0.3) is 17.8 Å². The molecule has 3 heterocycles. The summed E-state index contributed by atoms with van der Waals surface area (Å²) < 4.78 is 9.78. The average Bonchev–Trinajstić information content (AvgIpc) is 3.43. The number of methoxy groups -OCH3 is 1. The second-order valence-electron chi connectivity index (χ2n) is 8.89. The van der Waals surface area contributed by atoms with Gasteiger partial charge in [0.2, 0.25) is 0 Å². The lowest BCUT2D eigenvalue weighted by atomic mass is 9.77. The number of nitrogens with zero attached hydrogens (tertiary/aromatic N) is 5. The number of fused-ring (bicyclic) bond motifs is 1. The van der Waals surface area contributed by atoms with Crippen LogP contribution in [0.1, 0.15) is 73.8 Å². The minimum absolute atomic E-state index is 0.585. The number of aromatic nitrogens is 5. The van der Waals surface area contributed by atoms with Gasteiger partial charge in [-0.1, -0.05) is 31.4 Å². The molecule has 162 valence electrons. The molecule has 0 N–H and O–H groups in total. The molecule has 1 aliphatic carbocycles. The standard InChI is InChI=1S/C25H31N5O/c1-18-16-29(17-26-18)22-12-10-19(15-23(22)31-2)11-13-24-27-25-21(9-6-14-30(25)28-24)20-7-4-3-5-8-20/h10-13,15-17,20-21H,3-9,14H2,1-2H3/b13-11+/t21-/m1/s1. The van der Waals surface area contributed by atoms with Gasteiger partial charge in [0.1, 0.15) is 11.6 Å². The summed E-state index contributed by atoms with van der Waals surface area (Å²) in [5.74, 6) is 4.21. The Kier molecular flexibility index (Phi) is 5.62. The van der Waals surface area contributed by atoms with Crippen LogP contribution in [0.4, 0.5) is 0 Å². The van der Waals surface area contributed by atoms with Gasteiger partial charge in [-0.2, -0.15) is 5.10 Å². The fourth-order valence-corrected chi connectivity index (χ4v) is 5.19. The summed E-state index contributed by atoms with van der Waals surface area (Å²) in [5, 5.41) is 4.80. The molecule has 5 rings (SSSR count). The van der Waals surface area contributed by atoms with E-state index >= 15 is 0 Å². The summed E-state index contributed by atoms with van der Waals surface area (Å²) in [5.41, 5.74) is 3.02. The molecule has 2 aliphatic rings. The highest BCUT2D eigenvalue weighted by Crippen LogP contribution is 2.40. The lowest BCUT2D eigenvalue weighted by molar-refractivity contribution is 0.254. The molecule has 1 aliphatic heterocycles. The van der Waals surface area contributed by atoms with Gasteiger partial charge in [0.25, 0.3) is 0 Å². The number of hydrogen-bond acceptors (Lipinski definition) is 4. The normalized spacial score (nSPS) is 19.6. The number of imidazole rings is 1. The molecule has 0 amide bonds. The number of hydrogen-bond donors (Lipinski definition) is 0. The molecule has 0 radical (unpaired) electrons. The van der Waals surface area contributed by atoms with Crippen LogP contribution < -0.4 is 4.74 Å². The van der Waals surface area contributed by atoms with Crippen LogP contribution in [-0.4, -0.2) is 31.4 Å². The third-order valence-corrected chi connectivity index (χ3v) is 6.77. The first-order valence-electron chi connectivity index (χ1n) is 11.5. The van der Waals surface area contributed by atoms with Crippen molar-refractivity contribution in [2.75, 3.05) is 7.11 Å². The molecule has 0 spiro atoms. The smallest absolute Gasteiger partial charge is 0.174 e. The Morgan fingerprint density at radius 2 is 1.94 bits per heavy atom. The van der Waals surface area contributed by atoms with E-state index in [4.69, 9.17) is 14.8 Å². The third-order valence-electron chi connectivity index (χ3n) is 6.77. The van der Waals surface area contributed by atoms with Gasteiger partial charge in [0.15, 0.2) is 5.82 Å². The van der Waals surface area contributed by atoms with Crippen LogP contribution >= 0.6 is 0 Å². The maximum Gasteiger partial charge on any atom is 0.174 e. The predicted octanol–water partition coefficient (Wildman–Crippen LogP) is 5.41. The van der Waals surface area contributed by atoms with E-state index in [0.717, 1.165) is 41.0 Å². The van der Waals surface area contributed by atoms with Crippen molar-refractivity contribution in [3.63, 3.8) is 0 Å². The van der Waals surface area contributed by atoms with E-state index in [1.165, 1.54) is 50.8 Å². The lowest BCUT2D eigenvalue weighted by Crippen LogP contribution is -2.24. The molecule has 6 heteroatoms. The Balaban J connectivity index is 1.37. The number of benzene rings is 1. The number of ether oxygens (including phenoxy) is 1. The van der Waals surface area contributed by atoms with Gasteiger partial charge in [-0.3, -0.25) is 0 Å². The molecule has 1 fully saturated rings. The van der Waals surface area contributed by atoms with Gasteiger partial charge in [0.05, 0.1) is 24.8 Å². The van der Waals surface area contributed by atoms with Crippen molar-refractivity contribution < 1.29 is 4.74 Å². The first-order valence-corrected chi connectivity index (χ1v) is 11.5. The van der Waals surface area contributed by atoms with E-state index in [9.17, 15) is 0 Å². The van der Waals surface area contributed by atoms with Crippen molar-refractivity contribution in [2.24, 2.45) is 5.92 Å². The summed E-state index contributed by atoms with van der Waals surface area (Å²) in [4.78, 5) is 9.27. The third kappa shape index (κ3) is 4.16. The van der Waals surface area contributed by atoms with E-state index in [0.29, 0.717) is 5.92 Å². The van der Waals surface area contributed by atoms with Crippen molar-refractivity contribution in [3.05, 3.63) is 53.6 Å². The molecule has 0 saturated heterocycles. The minimum Gasteiger partial charge on any atom is -0.495 e. The van der Waals surface area contributed by atoms with E-state index in [1.807, 2.05) is 36.2 Å². The maximum atomic E-state index is 5.63. The van der Waals surface area contributed by atoms with Crippen LogP contribution in [0.5, 0.6) is 5.75 Å². The second-order valence-corrected chi connectivity index (χ2v) is 8.89. The highest BCUT2D eigenvalue weighted by Gasteiger charge is 2.31. The largest absolute Gasteiger partial charge is 0.495 e. The summed E-state index contributed by atoms with van der Waals surface area (Å²) in [6.45, 7) is 2.97. The average molecular weight is 418 g/mol. The Bertz CT molecular complexity index is 1070. The topological polar surface area (TPSA) is 57.8 Å². The summed E-state index contributed by atoms with van der Waals surface area (Å²) >= 11 is 0. The fraction of sp³-hybridized carbons (Fsp3) is 0.480. The van der Waals surface area contributed by atoms with Gasteiger partial charge in [-0.05, 0) is 62.3 Å². The Morgan fingerprint density at radius 1 is 1.06 bits per heavy atom. The molecule has 0 unspecified atom stereocenters. The predicted molar refractivity (Wildman–Crippen MR) is 122 cm³/mol. The molecule has 3 aromatic rings. The summed E-state index contributed by atoms with van der Waals surface area (Å²) in [6.07, 6.45) is 17.2. The van der Waals surface area contributed by atoms with Crippen molar-refractivity contribution in [2.45, 2.75) is 64.3 Å². The zero-order chi connectivity index (χ0) is 21.2. The summed E-state index contributed by atoms with van der Waals surface area (Å²) in [6, 6.07) is 6.19. The molecule has 1 atom stereocenters.